The number of hydrogen-bond acceptors (Lipinski definition) is 6. The Labute approximate surface area is 188 Å². The van der Waals surface area contributed by atoms with Crippen LogP contribution in [0.15, 0.2) is 57.7 Å². The zero-order valence-corrected chi connectivity index (χ0v) is 18.9. The molecule has 0 bridgehead atoms. The van der Waals surface area contributed by atoms with Crippen molar-refractivity contribution in [3.05, 3.63) is 69.5 Å². The van der Waals surface area contributed by atoms with E-state index in [4.69, 9.17) is 16.0 Å². The third-order valence-electron chi connectivity index (χ3n) is 5.22. The molecule has 0 radical (unpaired) electrons. The number of thiazole rings is 1. The number of halogens is 1. The average molecular weight is 456 g/mol. The van der Waals surface area contributed by atoms with E-state index in [1.54, 1.807) is 29.2 Å². The van der Waals surface area contributed by atoms with Gasteiger partial charge in [-0.05, 0) is 43.4 Å². The van der Waals surface area contributed by atoms with Crippen LogP contribution in [0, 0.1) is 0 Å². The lowest BCUT2D eigenvalue weighted by Crippen LogP contribution is -2.40. The zero-order valence-electron chi connectivity index (χ0n) is 17.3. The summed E-state index contributed by atoms with van der Waals surface area (Å²) in [6, 6.07) is 14.2. The Morgan fingerprint density at radius 1 is 1.10 bits per heavy atom. The Kier molecular flexibility index (Phi) is 6.36. The molecule has 0 saturated carbocycles. The van der Waals surface area contributed by atoms with E-state index < -0.39 is 11.5 Å². The molecule has 4 aromatic rings. The molecular formula is C23H22ClN3O3S. The Morgan fingerprint density at radius 2 is 1.87 bits per heavy atom. The van der Waals surface area contributed by atoms with Gasteiger partial charge in [0.15, 0.2) is 5.13 Å². The highest BCUT2D eigenvalue weighted by Crippen LogP contribution is 2.31. The van der Waals surface area contributed by atoms with Crippen LogP contribution in [0.4, 0.5) is 5.13 Å². The summed E-state index contributed by atoms with van der Waals surface area (Å²) < 4.78 is 6.28. The van der Waals surface area contributed by atoms with Crippen LogP contribution in [0.5, 0.6) is 0 Å². The molecule has 0 saturated heterocycles. The average Bonchev–Trinajstić information content (AvgIpc) is 3.18. The monoisotopic (exact) mass is 455 g/mol. The molecular weight excluding hydrogens is 434 g/mol. The van der Waals surface area contributed by atoms with Gasteiger partial charge in [-0.15, -0.1) is 0 Å². The lowest BCUT2D eigenvalue weighted by atomic mass is 10.1. The Balaban J connectivity index is 1.76. The molecule has 0 atom stereocenters. The summed E-state index contributed by atoms with van der Waals surface area (Å²) in [5.41, 5.74) is 0.556. The highest BCUT2D eigenvalue weighted by atomic mass is 35.5. The van der Waals surface area contributed by atoms with Crippen LogP contribution >= 0.6 is 22.9 Å². The van der Waals surface area contributed by atoms with E-state index in [1.165, 1.54) is 11.3 Å². The SMILES string of the molecule is CCN(CC)CCN(C(=O)c1cc2ccccc2oc1=O)c1nc2ccc(Cl)cc2s1. The molecule has 1 amide bonds. The molecule has 0 aliphatic heterocycles. The second kappa shape index (κ2) is 9.18. The van der Waals surface area contributed by atoms with Crippen LogP contribution in [0.25, 0.3) is 21.2 Å². The number of anilines is 1. The largest absolute Gasteiger partial charge is 0.422 e. The highest BCUT2D eigenvalue weighted by Gasteiger charge is 2.25. The minimum Gasteiger partial charge on any atom is -0.422 e. The first kappa shape index (κ1) is 21.5. The number of likely N-dealkylation sites (N-methyl/N-ethyl adjacent to an activating group) is 1. The second-order valence-electron chi connectivity index (χ2n) is 7.08. The topological polar surface area (TPSA) is 66.7 Å². The van der Waals surface area contributed by atoms with Crippen LogP contribution < -0.4 is 10.5 Å². The number of nitrogens with zero attached hydrogens (tertiary/aromatic N) is 3. The van der Waals surface area contributed by atoms with Gasteiger partial charge in [-0.3, -0.25) is 9.69 Å². The second-order valence-corrected chi connectivity index (χ2v) is 8.52. The summed E-state index contributed by atoms with van der Waals surface area (Å²) in [5, 5.41) is 1.84. The van der Waals surface area contributed by atoms with Crippen molar-refractivity contribution in [3.63, 3.8) is 0 Å². The Morgan fingerprint density at radius 3 is 2.65 bits per heavy atom. The van der Waals surface area contributed by atoms with Gasteiger partial charge in [-0.2, -0.15) is 0 Å². The molecule has 0 aliphatic carbocycles. The molecule has 2 aromatic heterocycles. The summed E-state index contributed by atoms with van der Waals surface area (Å²) in [5.74, 6) is -0.420. The number of amides is 1. The van der Waals surface area contributed by atoms with Crippen molar-refractivity contribution in [1.82, 2.24) is 9.88 Å². The van der Waals surface area contributed by atoms with Crippen molar-refractivity contribution in [3.8, 4) is 0 Å². The first-order valence-corrected chi connectivity index (χ1v) is 11.3. The van der Waals surface area contributed by atoms with E-state index >= 15 is 0 Å². The van der Waals surface area contributed by atoms with Crippen LogP contribution in [0.3, 0.4) is 0 Å². The minimum absolute atomic E-state index is 0.00413. The van der Waals surface area contributed by atoms with Gasteiger partial charge in [-0.1, -0.05) is 55.0 Å². The van der Waals surface area contributed by atoms with Crippen LogP contribution in [-0.2, 0) is 0 Å². The molecule has 31 heavy (non-hydrogen) atoms. The molecule has 4 rings (SSSR count). The minimum atomic E-state index is -0.652. The van der Waals surface area contributed by atoms with Gasteiger partial charge in [-0.25, -0.2) is 9.78 Å². The summed E-state index contributed by atoms with van der Waals surface area (Å²) >= 11 is 7.50. The van der Waals surface area contributed by atoms with Gasteiger partial charge in [0.25, 0.3) is 5.91 Å². The number of aromatic nitrogens is 1. The first-order valence-electron chi connectivity index (χ1n) is 10.1. The lowest BCUT2D eigenvalue weighted by molar-refractivity contribution is 0.0980. The molecule has 0 N–H and O–H groups in total. The first-order chi connectivity index (χ1) is 15.0. The summed E-state index contributed by atoms with van der Waals surface area (Å²) in [6.07, 6.45) is 0. The molecule has 0 aliphatic rings. The number of hydrogen-bond donors (Lipinski definition) is 0. The van der Waals surface area contributed by atoms with E-state index in [9.17, 15) is 9.59 Å². The van der Waals surface area contributed by atoms with Gasteiger partial charge < -0.3 is 9.32 Å². The standard InChI is InChI=1S/C23H22ClN3O3S/c1-3-26(4-2)11-12-27(23-25-18-10-9-16(24)14-20(18)31-23)21(28)17-13-15-7-5-6-8-19(15)30-22(17)29/h5-10,13-14H,3-4,11-12H2,1-2H3. The number of fused-ring (bicyclic) bond motifs is 2. The van der Waals surface area contributed by atoms with E-state index in [0.29, 0.717) is 34.2 Å². The maximum atomic E-state index is 13.5. The quantitative estimate of drug-likeness (QED) is 0.365. The summed E-state index contributed by atoms with van der Waals surface area (Å²) in [4.78, 5) is 34.6. The van der Waals surface area contributed by atoms with Crippen molar-refractivity contribution in [2.24, 2.45) is 0 Å². The molecule has 6 nitrogen and oxygen atoms in total. The van der Waals surface area contributed by atoms with Gasteiger partial charge in [0.2, 0.25) is 0 Å². The van der Waals surface area contributed by atoms with E-state index in [-0.39, 0.29) is 5.56 Å². The molecule has 0 fully saturated rings. The van der Waals surface area contributed by atoms with Gasteiger partial charge in [0.05, 0.1) is 10.2 Å². The number of benzene rings is 2. The molecule has 2 aromatic carbocycles. The van der Waals surface area contributed by atoms with Crippen LogP contribution in [0.2, 0.25) is 5.02 Å². The number of para-hydroxylation sites is 1. The predicted octanol–water partition coefficient (Wildman–Crippen LogP) is 5.04. The maximum Gasteiger partial charge on any atom is 0.349 e. The van der Waals surface area contributed by atoms with Crippen LogP contribution in [0.1, 0.15) is 24.2 Å². The normalized spacial score (nSPS) is 11.5. The number of carbonyl (C=O) groups excluding carboxylic acids is 1. The van der Waals surface area contributed by atoms with E-state index in [0.717, 1.165) is 23.3 Å². The summed E-state index contributed by atoms with van der Waals surface area (Å²) in [6.45, 7) is 6.95. The van der Waals surface area contributed by atoms with Gasteiger partial charge in [0, 0.05) is 23.5 Å². The van der Waals surface area contributed by atoms with Gasteiger partial charge in [0.1, 0.15) is 11.1 Å². The van der Waals surface area contributed by atoms with Crippen molar-refractivity contribution >= 4 is 55.2 Å². The molecule has 0 unspecified atom stereocenters. The fourth-order valence-electron chi connectivity index (χ4n) is 3.42. The Hall–Kier alpha value is -2.74. The zero-order chi connectivity index (χ0) is 22.0. The molecule has 0 spiro atoms. The summed E-state index contributed by atoms with van der Waals surface area (Å²) in [7, 11) is 0. The van der Waals surface area contributed by atoms with Crippen molar-refractivity contribution in [1.29, 1.82) is 0 Å². The highest BCUT2D eigenvalue weighted by molar-refractivity contribution is 7.22. The lowest BCUT2D eigenvalue weighted by Gasteiger charge is -2.24. The van der Waals surface area contributed by atoms with Gasteiger partial charge >= 0.3 is 5.63 Å². The van der Waals surface area contributed by atoms with Crippen molar-refractivity contribution in [2.45, 2.75) is 13.8 Å². The number of rotatable bonds is 7. The fraction of sp³-hybridized carbons (Fsp3) is 0.261. The fourth-order valence-corrected chi connectivity index (χ4v) is 4.69. The van der Waals surface area contributed by atoms with E-state index in [2.05, 4.69) is 23.7 Å². The third kappa shape index (κ3) is 4.49. The molecule has 2 heterocycles. The van der Waals surface area contributed by atoms with Crippen molar-refractivity contribution < 1.29 is 9.21 Å². The molecule has 160 valence electrons. The van der Waals surface area contributed by atoms with Crippen molar-refractivity contribution in [2.75, 3.05) is 31.1 Å². The third-order valence-corrected chi connectivity index (χ3v) is 6.50. The predicted molar refractivity (Wildman–Crippen MR) is 127 cm³/mol. The Bertz CT molecular complexity index is 1300. The molecule has 8 heteroatoms. The maximum absolute atomic E-state index is 13.5. The number of carbonyl (C=O) groups is 1. The smallest absolute Gasteiger partial charge is 0.349 e. The van der Waals surface area contributed by atoms with Crippen LogP contribution in [-0.4, -0.2) is 42.0 Å². The van der Waals surface area contributed by atoms with E-state index in [1.807, 2.05) is 24.3 Å².